The maximum absolute atomic E-state index is 12.8. The van der Waals surface area contributed by atoms with Gasteiger partial charge in [-0.2, -0.15) is 0 Å². The van der Waals surface area contributed by atoms with Gasteiger partial charge in [0.2, 0.25) is 5.91 Å². The van der Waals surface area contributed by atoms with Gasteiger partial charge >= 0.3 is 19.1 Å². The lowest BCUT2D eigenvalue weighted by Gasteiger charge is -2.40. The summed E-state index contributed by atoms with van der Waals surface area (Å²) >= 11 is 12.0. The van der Waals surface area contributed by atoms with Crippen molar-refractivity contribution in [1.29, 1.82) is 0 Å². The summed E-state index contributed by atoms with van der Waals surface area (Å²) in [5.74, 6) is -2.77. The number of carbonyl (C=O) groups excluding carboxylic acids is 4. The van der Waals surface area contributed by atoms with Crippen molar-refractivity contribution in [3.8, 4) is 0 Å². The van der Waals surface area contributed by atoms with Gasteiger partial charge in [-0.05, 0) is 56.8 Å². The van der Waals surface area contributed by atoms with Crippen LogP contribution in [0, 0.1) is 5.92 Å². The molecule has 12 heteroatoms. The van der Waals surface area contributed by atoms with E-state index in [1.165, 1.54) is 12.1 Å². The summed E-state index contributed by atoms with van der Waals surface area (Å²) in [5, 5.41) is 5.76. The molecular weight excluding hydrogens is 484 g/mol. The van der Waals surface area contributed by atoms with Crippen molar-refractivity contribution in [2.24, 2.45) is 5.92 Å². The minimum absolute atomic E-state index is 0.0928. The third kappa shape index (κ3) is 6.43. The summed E-state index contributed by atoms with van der Waals surface area (Å²) in [6, 6.07) is 3.37. The molecular formula is C22H28BCl2N3O6. The Morgan fingerprint density at radius 2 is 1.76 bits per heavy atom. The summed E-state index contributed by atoms with van der Waals surface area (Å²) in [4.78, 5) is 52.3. The smallest absolute Gasteiger partial charge is 0.497 e. The molecule has 3 atom stereocenters. The molecule has 3 rings (SSSR count). The second kappa shape index (κ2) is 11.4. The van der Waals surface area contributed by atoms with Crippen LogP contribution in [0.2, 0.25) is 10.0 Å². The third-order valence-corrected chi connectivity index (χ3v) is 6.49. The van der Waals surface area contributed by atoms with Crippen molar-refractivity contribution in [3.63, 3.8) is 0 Å². The Kier molecular flexibility index (Phi) is 8.84. The molecule has 2 amide bonds. The molecule has 0 saturated carbocycles. The molecule has 2 aliphatic rings. The van der Waals surface area contributed by atoms with Gasteiger partial charge in [0, 0.05) is 5.02 Å². The standard InChI is InChI=1S/C22H28BCl2N3O6/c1-12(2)9-18(23-33-21(31)16-5-4-6-17(28(16)3)22(32)34-23)27-19(29)11-26-20(30)14-10-13(24)7-8-15(14)25/h7-8,10,12,16-18H,4-6,9,11H2,1-3H3,(H,26,30)(H,27,29)/t16-,17+,18-/m0/s1. The number of benzene rings is 1. The summed E-state index contributed by atoms with van der Waals surface area (Å²) in [6.45, 7) is 3.49. The molecule has 0 radical (unpaired) electrons. The zero-order chi connectivity index (χ0) is 25.0. The number of nitrogens with one attached hydrogen (secondary N) is 2. The summed E-state index contributed by atoms with van der Waals surface area (Å²) < 4.78 is 11.1. The van der Waals surface area contributed by atoms with Crippen molar-refractivity contribution < 1.29 is 28.5 Å². The van der Waals surface area contributed by atoms with Gasteiger partial charge in [-0.1, -0.05) is 37.0 Å². The van der Waals surface area contributed by atoms with Crippen molar-refractivity contribution >= 4 is 54.1 Å². The van der Waals surface area contributed by atoms with Crippen LogP contribution in [0.15, 0.2) is 18.2 Å². The number of carbonyl (C=O) groups is 4. The van der Waals surface area contributed by atoms with E-state index in [1.54, 1.807) is 18.0 Å². The van der Waals surface area contributed by atoms with Crippen LogP contribution in [0.5, 0.6) is 0 Å². The maximum Gasteiger partial charge on any atom is 0.622 e. The van der Waals surface area contributed by atoms with E-state index in [2.05, 4.69) is 10.6 Å². The molecule has 2 aliphatic heterocycles. The molecule has 2 fully saturated rings. The predicted octanol–water partition coefficient (Wildman–Crippen LogP) is 2.23. The second-order valence-corrected chi connectivity index (χ2v) is 9.82. The van der Waals surface area contributed by atoms with E-state index in [9.17, 15) is 19.2 Å². The lowest BCUT2D eigenvalue weighted by atomic mass is 9.73. The Hall–Kier alpha value is -2.30. The van der Waals surface area contributed by atoms with Crippen LogP contribution in [0.4, 0.5) is 0 Å². The van der Waals surface area contributed by atoms with Crippen LogP contribution in [0.25, 0.3) is 0 Å². The minimum Gasteiger partial charge on any atom is -0.497 e. The molecule has 1 aromatic rings. The topological polar surface area (TPSA) is 114 Å². The van der Waals surface area contributed by atoms with Gasteiger partial charge in [0.25, 0.3) is 5.91 Å². The van der Waals surface area contributed by atoms with Gasteiger partial charge in [0.15, 0.2) is 0 Å². The molecule has 2 bridgehead atoms. The van der Waals surface area contributed by atoms with Crippen molar-refractivity contribution in [3.05, 3.63) is 33.8 Å². The van der Waals surface area contributed by atoms with Gasteiger partial charge in [0.05, 0.1) is 23.1 Å². The molecule has 0 aromatic heterocycles. The van der Waals surface area contributed by atoms with Crippen LogP contribution in [0.1, 0.15) is 49.9 Å². The highest BCUT2D eigenvalue weighted by molar-refractivity contribution is 6.51. The number of fused-ring (bicyclic) bond motifs is 2. The first kappa shape index (κ1) is 26.3. The van der Waals surface area contributed by atoms with E-state index < -0.39 is 48.9 Å². The first-order valence-electron chi connectivity index (χ1n) is 11.2. The summed E-state index contributed by atoms with van der Waals surface area (Å²) in [5.41, 5.74) is 0.138. The molecule has 9 nitrogen and oxygen atoms in total. The van der Waals surface area contributed by atoms with Gasteiger partial charge in [-0.3, -0.25) is 24.1 Å². The molecule has 2 N–H and O–H groups in total. The lowest BCUT2D eigenvalue weighted by molar-refractivity contribution is -0.157. The van der Waals surface area contributed by atoms with E-state index in [4.69, 9.17) is 32.5 Å². The molecule has 0 spiro atoms. The third-order valence-electron chi connectivity index (χ3n) is 5.93. The fourth-order valence-corrected chi connectivity index (χ4v) is 4.58. The number of amides is 2. The Morgan fingerprint density at radius 3 is 2.35 bits per heavy atom. The first-order chi connectivity index (χ1) is 16.1. The molecule has 2 saturated heterocycles. The summed E-state index contributed by atoms with van der Waals surface area (Å²) in [7, 11) is 0.445. The van der Waals surface area contributed by atoms with Gasteiger partial charge in [-0.25, -0.2) is 0 Å². The second-order valence-electron chi connectivity index (χ2n) is 8.98. The van der Waals surface area contributed by atoms with E-state index in [0.717, 1.165) is 6.42 Å². The highest BCUT2D eigenvalue weighted by Crippen LogP contribution is 2.26. The number of hydrogen-bond acceptors (Lipinski definition) is 7. The van der Waals surface area contributed by atoms with Crippen LogP contribution in [-0.2, 0) is 23.7 Å². The van der Waals surface area contributed by atoms with Crippen LogP contribution < -0.4 is 10.6 Å². The van der Waals surface area contributed by atoms with E-state index in [-0.39, 0.29) is 23.0 Å². The van der Waals surface area contributed by atoms with Crippen LogP contribution in [-0.4, -0.2) is 67.4 Å². The van der Waals surface area contributed by atoms with Crippen LogP contribution >= 0.6 is 23.2 Å². The average Bonchev–Trinajstić information content (AvgIpc) is 2.77. The number of rotatable bonds is 7. The highest BCUT2D eigenvalue weighted by atomic mass is 35.5. The number of halogens is 2. The van der Waals surface area contributed by atoms with Crippen molar-refractivity contribution in [2.45, 2.75) is 57.6 Å². The fourth-order valence-electron chi connectivity index (χ4n) is 4.20. The zero-order valence-corrected chi connectivity index (χ0v) is 20.8. The average molecular weight is 512 g/mol. The number of nitrogens with zero attached hydrogens (tertiary/aromatic N) is 1. The highest BCUT2D eigenvalue weighted by Gasteiger charge is 2.47. The van der Waals surface area contributed by atoms with Crippen molar-refractivity contribution in [2.75, 3.05) is 13.6 Å². The largest absolute Gasteiger partial charge is 0.622 e. The lowest BCUT2D eigenvalue weighted by Crippen LogP contribution is -2.61. The van der Waals surface area contributed by atoms with Crippen molar-refractivity contribution in [1.82, 2.24) is 15.5 Å². The molecule has 0 unspecified atom stereocenters. The molecule has 1 aromatic carbocycles. The van der Waals surface area contributed by atoms with Gasteiger partial charge in [0.1, 0.15) is 12.1 Å². The molecule has 184 valence electrons. The SMILES string of the molecule is CC(C)C[C@H](NC(=O)CNC(=O)c1cc(Cl)ccc1Cl)B1OC(=O)[C@H]2CCC[C@@H](C(=O)O1)N2C. The molecule has 34 heavy (non-hydrogen) atoms. The zero-order valence-electron chi connectivity index (χ0n) is 19.3. The summed E-state index contributed by atoms with van der Waals surface area (Å²) in [6.07, 6.45) is 2.28. The monoisotopic (exact) mass is 511 g/mol. The van der Waals surface area contributed by atoms with Gasteiger partial charge < -0.3 is 19.9 Å². The normalized spacial score (nSPS) is 21.8. The molecule has 0 aliphatic carbocycles. The fraction of sp³-hybridized carbons (Fsp3) is 0.545. The Balaban J connectivity index is 1.68. The number of piperidine rings is 1. The quantitative estimate of drug-likeness (QED) is 0.539. The number of likely N-dealkylation sites (N-methyl/N-ethyl adjacent to an activating group) is 1. The maximum atomic E-state index is 12.8. The van der Waals surface area contributed by atoms with Crippen LogP contribution in [0.3, 0.4) is 0 Å². The van der Waals surface area contributed by atoms with E-state index in [1.807, 2.05) is 13.8 Å². The number of hydrogen-bond donors (Lipinski definition) is 2. The predicted molar refractivity (Wildman–Crippen MR) is 127 cm³/mol. The Bertz CT molecular complexity index is 937. The van der Waals surface area contributed by atoms with E-state index in [0.29, 0.717) is 24.3 Å². The Labute approximate surface area is 208 Å². The van der Waals surface area contributed by atoms with Gasteiger partial charge in [-0.15, -0.1) is 0 Å². The first-order valence-corrected chi connectivity index (χ1v) is 12.0. The molecule has 2 heterocycles. The van der Waals surface area contributed by atoms with E-state index >= 15 is 0 Å². The Morgan fingerprint density at radius 1 is 1.15 bits per heavy atom. The minimum atomic E-state index is -1.26.